The van der Waals surface area contributed by atoms with Gasteiger partial charge in [-0.05, 0) is 49.7 Å². The van der Waals surface area contributed by atoms with Crippen LogP contribution >= 0.6 is 11.6 Å². The van der Waals surface area contributed by atoms with Gasteiger partial charge in [-0.2, -0.15) is 0 Å². The first-order valence-corrected chi connectivity index (χ1v) is 8.19. The SMILES string of the molecule is Cc1cc(S(=O)(=O)n2c(C)nc3ccccc32)ccc1Cl. The molecule has 0 unspecified atom stereocenters. The molecule has 108 valence electrons. The van der Waals surface area contributed by atoms with E-state index in [0.717, 1.165) is 5.56 Å². The van der Waals surface area contributed by atoms with Crippen molar-refractivity contribution in [3.05, 3.63) is 58.9 Å². The van der Waals surface area contributed by atoms with Crippen LogP contribution in [-0.4, -0.2) is 17.4 Å². The molecule has 0 radical (unpaired) electrons. The molecule has 0 aliphatic rings. The van der Waals surface area contributed by atoms with Crippen LogP contribution in [0.3, 0.4) is 0 Å². The number of para-hydroxylation sites is 2. The van der Waals surface area contributed by atoms with Crippen LogP contribution in [0.5, 0.6) is 0 Å². The van der Waals surface area contributed by atoms with E-state index in [4.69, 9.17) is 11.6 Å². The maximum Gasteiger partial charge on any atom is 0.269 e. The molecule has 4 nitrogen and oxygen atoms in total. The quantitative estimate of drug-likeness (QED) is 0.725. The van der Waals surface area contributed by atoms with Crippen LogP contribution in [0.4, 0.5) is 0 Å². The van der Waals surface area contributed by atoms with Crippen LogP contribution in [0.25, 0.3) is 11.0 Å². The van der Waals surface area contributed by atoms with E-state index < -0.39 is 10.0 Å². The number of benzene rings is 2. The van der Waals surface area contributed by atoms with Gasteiger partial charge < -0.3 is 0 Å². The molecule has 0 atom stereocenters. The third-order valence-corrected chi connectivity index (χ3v) is 5.56. The number of hydrogen-bond acceptors (Lipinski definition) is 3. The van der Waals surface area contributed by atoms with Crippen molar-refractivity contribution in [2.24, 2.45) is 0 Å². The molecule has 0 amide bonds. The van der Waals surface area contributed by atoms with E-state index in [-0.39, 0.29) is 4.90 Å². The number of hydrogen-bond donors (Lipinski definition) is 0. The van der Waals surface area contributed by atoms with Gasteiger partial charge in [-0.25, -0.2) is 17.4 Å². The van der Waals surface area contributed by atoms with Crippen molar-refractivity contribution in [3.63, 3.8) is 0 Å². The summed E-state index contributed by atoms with van der Waals surface area (Å²) in [7, 11) is -3.70. The van der Waals surface area contributed by atoms with Crippen molar-refractivity contribution < 1.29 is 8.42 Å². The summed E-state index contributed by atoms with van der Waals surface area (Å²) in [6.45, 7) is 3.46. The highest BCUT2D eigenvalue weighted by Crippen LogP contribution is 2.25. The topological polar surface area (TPSA) is 52.0 Å². The van der Waals surface area contributed by atoms with Gasteiger partial charge in [0.2, 0.25) is 0 Å². The summed E-state index contributed by atoms with van der Waals surface area (Å²) in [5, 5.41) is 0.543. The highest BCUT2D eigenvalue weighted by Gasteiger charge is 2.22. The second-order valence-electron chi connectivity index (χ2n) is 4.83. The Bertz CT molecular complexity index is 945. The molecule has 6 heteroatoms. The number of fused-ring (bicyclic) bond motifs is 1. The average molecular weight is 321 g/mol. The predicted octanol–water partition coefficient (Wildman–Crippen LogP) is 3.54. The zero-order chi connectivity index (χ0) is 15.2. The molecule has 2 aromatic carbocycles. The molecule has 1 aromatic heterocycles. The smallest absolute Gasteiger partial charge is 0.232 e. The fraction of sp³-hybridized carbons (Fsp3) is 0.133. The lowest BCUT2D eigenvalue weighted by molar-refractivity contribution is 0.587. The molecule has 3 rings (SSSR count). The van der Waals surface area contributed by atoms with E-state index in [1.54, 1.807) is 44.2 Å². The van der Waals surface area contributed by atoms with E-state index in [0.29, 0.717) is 21.9 Å². The van der Waals surface area contributed by atoms with Crippen molar-refractivity contribution in [1.82, 2.24) is 8.96 Å². The molecule has 0 saturated heterocycles. The maximum atomic E-state index is 12.9. The van der Waals surface area contributed by atoms with Crippen molar-refractivity contribution in [2.45, 2.75) is 18.7 Å². The summed E-state index contributed by atoms with van der Waals surface area (Å²) >= 11 is 5.97. The third kappa shape index (κ3) is 2.22. The van der Waals surface area contributed by atoms with E-state index in [2.05, 4.69) is 4.98 Å². The van der Waals surface area contributed by atoms with Crippen molar-refractivity contribution in [3.8, 4) is 0 Å². The van der Waals surface area contributed by atoms with E-state index in [9.17, 15) is 8.42 Å². The number of halogens is 1. The van der Waals surface area contributed by atoms with E-state index >= 15 is 0 Å². The minimum Gasteiger partial charge on any atom is -0.232 e. The first-order valence-electron chi connectivity index (χ1n) is 6.37. The van der Waals surface area contributed by atoms with Crippen molar-refractivity contribution in [1.29, 1.82) is 0 Å². The molecule has 21 heavy (non-hydrogen) atoms. The molecule has 0 spiro atoms. The Hall–Kier alpha value is -1.85. The zero-order valence-electron chi connectivity index (χ0n) is 11.5. The average Bonchev–Trinajstić information content (AvgIpc) is 2.78. The summed E-state index contributed by atoms with van der Waals surface area (Å²) in [5.41, 5.74) is 1.95. The summed E-state index contributed by atoms with van der Waals surface area (Å²) in [6.07, 6.45) is 0. The Morgan fingerprint density at radius 2 is 1.81 bits per heavy atom. The molecule has 1 heterocycles. The van der Waals surface area contributed by atoms with Crippen LogP contribution in [0, 0.1) is 13.8 Å². The van der Waals surface area contributed by atoms with E-state index in [1.165, 1.54) is 10.0 Å². The number of aromatic nitrogens is 2. The van der Waals surface area contributed by atoms with Crippen LogP contribution < -0.4 is 0 Å². The Kier molecular flexibility index (Phi) is 3.26. The van der Waals surface area contributed by atoms with Gasteiger partial charge in [0.15, 0.2) is 0 Å². The first-order chi connectivity index (χ1) is 9.91. The third-order valence-electron chi connectivity index (χ3n) is 3.34. The molecule has 0 N–H and O–H groups in total. The summed E-state index contributed by atoms with van der Waals surface area (Å²) in [4.78, 5) is 4.51. The molecule has 0 fully saturated rings. The number of rotatable bonds is 2. The van der Waals surface area contributed by atoms with Crippen LogP contribution in [0.1, 0.15) is 11.4 Å². The van der Waals surface area contributed by atoms with Gasteiger partial charge in [-0.15, -0.1) is 0 Å². The minimum atomic E-state index is -3.70. The summed E-state index contributed by atoms with van der Waals surface area (Å²) in [5.74, 6) is 0.434. The Balaban J connectivity index is 2.30. The standard InChI is InChI=1S/C15H13ClN2O2S/c1-10-9-12(7-8-13(10)16)21(19,20)18-11(2)17-14-5-3-4-6-15(14)18/h3-9H,1-2H3. The molecule has 3 aromatic rings. The molecule has 0 saturated carbocycles. The summed E-state index contributed by atoms with van der Waals surface area (Å²) < 4.78 is 27.0. The molecule has 0 aliphatic carbocycles. The zero-order valence-corrected chi connectivity index (χ0v) is 13.1. The molecular weight excluding hydrogens is 308 g/mol. The van der Waals surface area contributed by atoms with Crippen LogP contribution in [-0.2, 0) is 10.0 Å². The number of imidazole rings is 1. The molecule has 0 bridgehead atoms. The second kappa shape index (κ2) is 4.86. The van der Waals surface area contributed by atoms with Gasteiger partial charge in [-0.3, -0.25) is 0 Å². The normalized spacial score (nSPS) is 12.0. The number of nitrogens with zero attached hydrogens (tertiary/aromatic N) is 2. The highest BCUT2D eigenvalue weighted by molar-refractivity contribution is 7.90. The Morgan fingerprint density at radius 3 is 2.52 bits per heavy atom. The van der Waals surface area contributed by atoms with Crippen LogP contribution in [0.2, 0.25) is 5.02 Å². The van der Waals surface area contributed by atoms with Crippen molar-refractivity contribution >= 4 is 32.7 Å². The van der Waals surface area contributed by atoms with Gasteiger partial charge in [0, 0.05) is 5.02 Å². The minimum absolute atomic E-state index is 0.204. The molecular formula is C15H13ClN2O2S. The van der Waals surface area contributed by atoms with Gasteiger partial charge >= 0.3 is 0 Å². The van der Waals surface area contributed by atoms with E-state index in [1.807, 2.05) is 6.07 Å². The summed E-state index contributed by atoms with van der Waals surface area (Å²) in [6, 6.07) is 11.8. The second-order valence-corrected chi connectivity index (χ2v) is 7.02. The van der Waals surface area contributed by atoms with Gasteiger partial charge in [-0.1, -0.05) is 23.7 Å². The highest BCUT2D eigenvalue weighted by atomic mass is 35.5. The monoisotopic (exact) mass is 320 g/mol. The maximum absolute atomic E-state index is 12.9. The largest absolute Gasteiger partial charge is 0.269 e. The first kappa shape index (κ1) is 14.1. The van der Waals surface area contributed by atoms with Crippen LogP contribution in [0.15, 0.2) is 47.4 Å². The van der Waals surface area contributed by atoms with Crippen molar-refractivity contribution in [2.75, 3.05) is 0 Å². The van der Waals surface area contributed by atoms with Gasteiger partial charge in [0.05, 0.1) is 15.9 Å². The van der Waals surface area contributed by atoms with Gasteiger partial charge in [0.25, 0.3) is 10.0 Å². The van der Waals surface area contributed by atoms with Gasteiger partial charge in [0.1, 0.15) is 5.82 Å². The lowest BCUT2D eigenvalue weighted by Crippen LogP contribution is -2.14. The Morgan fingerprint density at radius 1 is 1.10 bits per heavy atom. The lowest BCUT2D eigenvalue weighted by Gasteiger charge is -2.10. The molecule has 0 aliphatic heterocycles. The Labute approximate surface area is 128 Å². The fourth-order valence-corrected chi connectivity index (χ4v) is 4.01. The fourth-order valence-electron chi connectivity index (χ4n) is 2.31. The lowest BCUT2D eigenvalue weighted by atomic mass is 10.2. The predicted molar refractivity (Wildman–Crippen MR) is 83.2 cm³/mol. The number of aryl methyl sites for hydroxylation is 2.